The number of guanidine groups is 1. The number of hydrogen-bond donors (Lipinski definition) is 3. The van der Waals surface area contributed by atoms with Crippen molar-refractivity contribution in [2.24, 2.45) is 22.4 Å². The number of anilines is 1. The molecule has 1 amide bonds. The van der Waals surface area contributed by atoms with Crippen LogP contribution in [0.15, 0.2) is 29.3 Å². The second-order valence-corrected chi connectivity index (χ2v) is 4.56. The lowest BCUT2D eigenvalue weighted by atomic mass is 9.85. The number of hydrogen-bond acceptors (Lipinski definition) is 2. The van der Waals surface area contributed by atoms with E-state index >= 15 is 0 Å². The molecule has 0 bridgehead atoms. The summed E-state index contributed by atoms with van der Waals surface area (Å²) in [7, 11) is 0. The molecule has 0 heterocycles. The van der Waals surface area contributed by atoms with Crippen molar-refractivity contribution in [1.82, 2.24) is 0 Å². The van der Waals surface area contributed by atoms with E-state index in [1.54, 1.807) is 0 Å². The number of benzene rings is 1. The first-order valence-corrected chi connectivity index (χ1v) is 6.10. The fraction of sp³-hybridized carbons (Fsp3) is 0.385. The zero-order valence-corrected chi connectivity index (χ0v) is 10.2. The lowest BCUT2D eigenvalue weighted by Gasteiger charge is -2.24. The Bertz CT molecular complexity index is 462. The van der Waals surface area contributed by atoms with Crippen LogP contribution < -0.4 is 16.8 Å². The van der Waals surface area contributed by atoms with Crippen molar-refractivity contribution in [3.63, 3.8) is 0 Å². The van der Waals surface area contributed by atoms with Crippen molar-refractivity contribution in [3.05, 3.63) is 29.8 Å². The van der Waals surface area contributed by atoms with Gasteiger partial charge in [0.05, 0.1) is 6.54 Å². The van der Waals surface area contributed by atoms with E-state index in [2.05, 4.69) is 10.3 Å². The summed E-state index contributed by atoms with van der Waals surface area (Å²) < 4.78 is 0. The number of nitrogens with two attached hydrogens (primary N) is 2. The molecule has 1 saturated carbocycles. The number of nitrogens with zero attached hydrogens (tertiary/aromatic N) is 1. The van der Waals surface area contributed by atoms with Crippen LogP contribution in [-0.2, 0) is 11.3 Å². The summed E-state index contributed by atoms with van der Waals surface area (Å²) in [5.41, 5.74) is 12.3. The van der Waals surface area contributed by atoms with Gasteiger partial charge in [-0.1, -0.05) is 18.6 Å². The minimum Gasteiger partial charge on any atom is -0.370 e. The number of carbonyl (C=O) groups is 1. The Morgan fingerprint density at radius 2 is 2.17 bits per heavy atom. The molecule has 5 nitrogen and oxygen atoms in total. The highest BCUT2D eigenvalue weighted by Gasteiger charge is 2.24. The second-order valence-electron chi connectivity index (χ2n) is 4.56. The molecule has 0 saturated heterocycles. The van der Waals surface area contributed by atoms with Gasteiger partial charge in [0.15, 0.2) is 5.96 Å². The first-order chi connectivity index (χ1) is 8.65. The highest BCUT2D eigenvalue weighted by atomic mass is 16.1. The van der Waals surface area contributed by atoms with Crippen molar-refractivity contribution in [2.75, 3.05) is 5.32 Å². The van der Waals surface area contributed by atoms with E-state index in [0.717, 1.165) is 30.5 Å². The Balaban J connectivity index is 1.98. The van der Waals surface area contributed by atoms with E-state index in [9.17, 15) is 4.79 Å². The zero-order valence-electron chi connectivity index (χ0n) is 10.2. The van der Waals surface area contributed by atoms with Crippen LogP contribution in [0.1, 0.15) is 24.8 Å². The molecule has 0 atom stereocenters. The number of aliphatic imine (C=N–C) groups is 1. The van der Waals surface area contributed by atoms with Gasteiger partial charge in [0.1, 0.15) is 0 Å². The van der Waals surface area contributed by atoms with E-state index in [1.807, 2.05) is 24.3 Å². The molecule has 0 aliphatic heterocycles. The SMILES string of the molecule is NC(N)=NCc1cccc(NC(=O)C2CCC2)c1. The topological polar surface area (TPSA) is 93.5 Å². The predicted octanol–water partition coefficient (Wildman–Crippen LogP) is 1.20. The minimum atomic E-state index is 0.0684. The van der Waals surface area contributed by atoms with Gasteiger partial charge in [0.2, 0.25) is 5.91 Å². The number of rotatable bonds is 4. The summed E-state index contributed by atoms with van der Waals surface area (Å²) in [5, 5.41) is 2.92. The summed E-state index contributed by atoms with van der Waals surface area (Å²) in [5.74, 6) is 0.366. The zero-order chi connectivity index (χ0) is 13.0. The van der Waals surface area contributed by atoms with E-state index in [1.165, 1.54) is 0 Å². The molecular formula is C13H18N4O. The Morgan fingerprint density at radius 3 is 2.78 bits per heavy atom. The minimum absolute atomic E-state index is 0.0684. The standard InChI is InChI=1S/C13H18N4O/c14-13(15)16-8-9-3-1-6-11(7-9)17-12(18)10-4-2-5-10/h1,3,6-7,10H,2,4-5,8H2,(H,17,18)(H4,14,15,16). The highest BCUT2D eigenvalue weighted by Crippen LogP contribution is 2.27. The largest absolute Gasteiger partial charge is 0.370 e. The van der Waals surface area contributed by atoms with Gasteiger partial charge in [-0.25, -0.2) is 4.99 Å². The molecule has 0 radical (unpaired) electrons. The van der Waals surface area contributed by atoms with Crippen molar-refractivity contribution in [1.29, 1.82) is 0 Å². The maximum Gasteiger partial charge on any atom is 0.227 e. The van der Waals surface area contributed by atoms with Gasteiger partial charge in [-0.05, 0) is 30.5 Å². The average molecular weight is 246 g/mol. The summed E-state index contributed by atoms with van der Waals surface area (Å²) in [6.07, 6.45) is 3.15. The van der Waals surface area contributed by atoms with Gasteiger partial charge in [0.25, 0.3) is 0 Å². The molecule has 0 spiro atoms. The first-order valence-electron chi connectivity index (χ1n) is 6.10. The Hall–Kier alpha value is -2.04. The third kappa shape index (κ3) is 3.23. The van der Waals surface area contributed by atoms with E-state index in [-0.39, 0.29) is 17.8 Å². The molecular weight excluding hydrogens is 228 g/mol. The van der Waals surface area contributed by atoms with Gasteiger partial charge < -0.3 is 16.8 Å². The van der Waals surface area contributed by atoms with Gasteiger partial charge in [-0.2, -0.15) is 0 Å². The van der Waals surface area contributed by atoms with E-state index in [4.69, 9.17) is 11.5 Å². The summed E-state index contributed by atoms with van der Waals surface area (Å²) in [6.45, 7) is 0.426. The lowest BCUT2D eigenvalue weighted by Crippen LogP contribution is -2.28. The highest BCUT2D eigenvalue weighted by molar-refractivity contribution is 5.93. The third-order valence-electron chi connectivity index (χ3n) is 3.11. The van der Waals surface area contributed by atoms with Crippen LogP contribution in [0, 0.1) is 5.92 Å². The monoisotopic (exact) mass is 246 g/mol. The predicted molar refractivity (Wildman–Crippen MR) is 71.9 cm³/mol. The molecule has 1 fully saturated rings. The second kappa shape index (κ2) is 5.53. The van der Waals surface area contributed by atoms with Crippen LogP contribution in [0.2, 0.25) is 0 Å². The Morgan fingerprint density at radius 1 is 1.39 bits per heavy atom. The number of nitrogens with one attached hydrogen (secondary N) is 1. The van der Waals surface area contributed by atoms with E-state index in [0.29, 0.717) is 6.54 Å². The Kier molecular flexibility index (Phi) is 3.82. The van der Waals surface area contributed by atoms with Gasteiger partial charge >= 0.3 is 0 Å². The summed E-state index contributed by atoms with van der Waals surface area (Å²) >= 11 is 0. The van der Waals surface area contributed by atoms with Crippen molar-refractivity contribution >= 4 is 17.6 Å². The number of carbonyl (C=O) groups excluding carboxylic acids is 1. The fourth-order valence-corrected chi connectivity index (χ4v) is 1.84. The average Bonchev–Trinajstić information content (AvgIpc) is 2.24. The first kappa shape index (κ1) is 12.4. The molecule has 2 rings (SSSR count). The third-order valence-corrected chi connectivity index (χ3v) is 3.11. The van der Waals surface area contributed by atoms with Gasteiger partial charge in [-0.3, -0.25) is 4.79 Å². The molecule has 1 aliphatic carbocycles. The molecule has 5 heteroatoms. The lowest BCUT2D eigenvalue weighted by molar-refractivity contribution is -0.122. The molecule has 1 aromatic rings. The van der Waals surface area contributed by atoms with Crippen molar-refractivity contribution in [3.8, 4) is 0 Å². The Labute approximate surface area is 106 Å². The quantitative estimate of drug-likeness (QED) is 0.550. The van der Waals surface area contributed by atoms with Crippen LogP contribution in [0.4, 0.5) is 5.69 Å². The van der Waals surface area contributed by atoms with Crippen molar-refractivity contribution < 1.29 is 4.79 Å². The molecule has 0 aromatic heterocycles. The van der Waals surface area contributed by atoms with Gasteiger partial charge in [0, 0.05) is 11.6 Å². The van der Waals surface area contributed by atoms with Crippen LogP contribution in [-0.4, -0.2) is 11.9 Å². The van der Waals surface area contributed by atoms with Crippen LogP contribution in [0.25, 0.3) is 0 Å². The number of amides is 1. The maximum absolute atomic E-state index is 11.8. The maximum atomic E-state index is 11.8. The van der Waals surface area contributed by atoms with Gasteiger partial charge in [-0.15, -0.1) is 0 Å². The van der Waals surface area contributed by atoms with Crippen LogP contribution in [0.3, 0.4) is 0 Å². The summed E-state index contributed by atoms with van der Waals surface area (Å²) in [4.78, 5) is 15.7. The smallest absolute Gasteiger partial charge is 0.227 e. The van der Waals surface area contributed by atoms with Crippen LogP contribution in [0.5, 0.6) is 0 Å². The van der Waals surface area contributed by atoms with E-state index < -0.39 is 0 Å². The molecule has 18 heavy (non-hydrogen) atoms. The van der Waals surface area contributed by atoms with Crippen molar-refractivity contribution in [2.45, 2.75) is 25.8 Å². The summed E-state index contributed by atoms with van der Waals surface area (Å²) in [6, 6.07) is 7.57. The molecule has 1 aromatic carbocycles. The fourth-order valence-electron chi connectivity index (χ4n) is 1.84. The molecule has 0 unspecified atom stereocenters. The molecule has 5 N–H and O–H groups in total. The van der Waals surface area contributed by atoms with Crippen LogP contribution >= 0.6 is 0 Å². The molecule has 96 valence electrons. The normalized spacial score (nSPS) is 14.7. The molecule has 1 aliphatic rings.